The molecular weight excluding hydrogens is 356 g/mol. The van der Waals surface area contributed by atoms with Gasteiger partial charge in [0, 0.05) is 37.0 Å². The molecule has 0 aliphatic carbocycles. The fraction of sp³-hybridized carbons (Fsp3) is 0.300. The Kier molecular flexibility index (Phi) is 4.26. The van der Waals surface area contributed by atoms with Crippen molar-refractivity contribution in [2.75, 3.05) is 6.54 Å². The van der Waals surface area contributed by atoms with Crippen LogP contribution in [0.25, 0.3) is 5.69 Å². The van der Waals surface area contributed by atoms with Gasteiger partial charge in [-0.1, -0.05) is 17.7 Å². The van der Waals surface area contributed by atoms with Gasteiger partial charge in [0.2, 0.25) is 5.91 Å². The van der Waals surface area contributed by atoms with E-state index in [0.29, 0.717) is 18.5 Å². The molecule has 2 amide bonds. The molecule has 2 aromatic heterocycles. The molecule has 0 bridgehead atoms. The second-order valence-electron chi connectivity index (χ2n) is 7.14. The molecule has 3 heterocycles. The number of fused-ring (bicyclic) bond motifs is 1. The number of carbonyl (C=O) groups is 2. The molecule has 1 aliphatic rings. The fourth-order valence-corrected chi connectivity index (χ4v) is 3.74. The Bertz CT molecular complexity index is 1060. The predicted octanol–water partition coefficient (Wildman–Crippen LogP) is 1.45. The van der Waals surface area contributed by atoms with E-state index in [9.17, 15) is 9.59 Å². The van der Waals surface area contributed by atoms with Crippen molar-refractivity contribution in [3.8, 4) is 5.69 Å². The Morgan fingerprint density at radius 1 is 1.18 bits per heavy atom. The highest BCUT2D eigenvalue weighted by molar-refractivity contribution is 5.96. The van der Waals surface area contributed by atoms with Crippen molar-refractivity contribution in [3.63, 3.8) is 0 Å². The number of amides is 2. The number of nitrogens with two attached hydrogens (primary N) is 1. The van der Waals surface area contributed by atoms with Crippen LogP contribution in [0.15, 0.2) is 36.5 Å². The number of hydrogen-bond donors (Lipinski definition) is 1. The van der Waals surface area contributed by atoms with Crippen LogP contribution in [-0.4, -0.2) is 42.8 Å². The molecule has 0 saturated carbocycles. The van der Waals surface area contributed by atoms with Gasteiger partial charge in [-0.25, -0.2) is 4.68 Å². The SMILES string of the molecule is Cc1ccc(-n2nc(C(=O)N3CCc4c(cnn4C)C3C(N)=O)cc2C)cc1. The van der Waals surface area contributed by atoms with E-state index in [0.717, 1.165) is 22.6 Å². The van der Waals surface area contributed by atoms with Crippen LogP contribution >= 0.6 is 0 Å². The van der Waals surface area contributed by atoms with Crippen LogP contribution < -0.4 is 5.73 Å². The summed E-state index contributed by atoms with van der Waals surface area (Å²) in [5.74, 6) is -0.885. The van der Waals surface area contributed by atoms with E-state index >= 15 is 0 Å². The van der Waals surface area contributed by atoms with Gasteiger partial charge in [-0.2, -0.15) is 10.2 Å². The zero-order valence-electron chi connectivity index (χ0n) is 16.1. The third-order valence-corrected chi connectivity index (χ3v) is 5.21. The van der Waals surface area contributed by atoms with Gasteiger partial charge in [-0.3, -0.25) is 14.3 Å². The normalized spacial score (nSPS) is 16.1. The molecule has 1 aliphatic heterocycles. The molecule has 8 nitrogen and oxygen atoms in total. The zero-order valence-corrected chi connectivity index (χ0v) is 16.1. The number of carbonyl (C=O) groups excluding carboxylic acids is 2. The molecule has 2 N–H and O–H groups in total. The summed E-state index contributed by atoms with van der Waals surface area (Å²) in [6.45, 7) is 4.29. The lowest BCUT2D eigenvalue weighted by atomic mass is 9.98. The van der Waals surface area contributed by atoms with Crippen molar-refractivity contribution < 1.29 is 9.59 Å². The third-order valence-electron chi connectivity index (χ3n) is 5.21. The van der Waals surface area contributed by atoms with E-state index in [-0.39, 0.29) is 11.6 Å². The lowest BCUT2D eigenvalue weighted by Crippen LogP contribution is -2.46. The first kappa shape index (κ1) is 18.0. The minimum Gasteiger partial charge on any atom is -0.368 e. The largest absolute Gasteiger partial charge is 0.368 e. The molecule has 1 aromatic carbocycles. The van der Waals surface area contributed by atoms with Gasteiger partial charge in [-0.05, 0) is 32.0 Å². The average Bonchev–Trinajstić information content (AvgIpc) is 3.24. The number of primary amides is 1. The van der Waals surface area contributed by atoms with Crippen LogP contribution in [-0.2, 0) is 18.3 Å². The summed E-state index contributed by atoms with van der Waals surface area (Å²) < 4.78 is 3.45. The van der Waals surface area contributed by atoms with Gasteiger partial charge >= 0.3 is 0 Å². The van der Waals surface area contributed by atoms with Gasteiger partial charge < -0.3 is 10.6 Å². The van der Waals surface area contributed by atoms with Crippen molar-refractivity contribution in [3.05, 3.63) is 64.7 Å². The smallest absolute Gasteiger partial charge is 0.275 e. The molecule has 0 radical (unpaired) electrons. The maximum absolute atomic E-state index is 13.2. The summed E-state index contributed by atoms with van der Waals surface area (Å²) in [7, 11) is 1.82. The maximum atomic E-state index is 13.2. The predicted molar refractivity (Wildman–Crippen MR) is 103 cm³/mol. The van der Waals surface area contributed by atoms with E-state index in [2.05, 4.69) is 10.2 Å². The van der Waals surface area contributed by atoms with Gasteiger partial charge in [0.15, 0.2) is 5.69 Å². The standard InChI is InChI=1S/C20H22N6O2/c1-12-4-6-14(7-5-12)26-13(2)10-16(23-26)20(28)25-9-8-17-15(11-22-24(17)3)18(25)19(21)27/h4-7,10-11,18H,8-9H2,1-3H3,(H2,21,27). The van der Waals surface area contributed by atoms with Crippen LogP contribution in [0.3, 0.4) is 0 Å². The summed E-state index contributed by atoms with van der Waals surface area (Å²) in [5, 5.41) is 8.71. The Morgan fingerprint density at radius 3 is 2.57 bits per heavy atom. The summed E-state index contributed by atoms with van der Waals surface area (Å²) in [6, 6.07) is 8.80. The molecule has 0 fully saturated rings. The number of benzene rings is 1. The maximum Gasteiger partial charge on any atom is 0.275 e. The van der Waals surface area contributed by atoms with Gasteiger partial charge in [0.05, 0.1) is 11.9 Å². The van der Waals surface area contributed by atoms with E-state index in [1.807, 2.05) is 45.2 Å². The van der Waals surface area contributed by atoms with Crippen molar-refractivity contribution in [1.82, 2.24) is 24.5 Å². The molecule has 1 atom stereocenters. The van der Waals surface area contributed by atoms with Crippen LogP contribution in [0.4, 0.5) is 0 Å². The molecule has 3 aromatic rings. The topological polar surface area (TPSA) is 99.0 Å². The molecule has 144 valence electrons. The zero-order chi connectivity index (χ0) is 20.0. The van der Waals surface area contributed by atoms with E-state index in [4.69, 9.17) is 5.73 Å². The fourth-order valence-electron chi connectivity index (χ4n) is 3.74. The number of hydrogen-bond acceptors (Lipinski definition) is 4. The second-order valence-corrected chi connectivity index (χ2v) is 7.14. The van der Waals surface area contributed by atoms with Gasteiger partial charge in [0.25, 0.3) is 5.91 Å². The monoisotopic (exact) mass is 378 g/mol. The minimum atomic E-state index is -0.838. The molecule has 0 spiro atoms. The number of rotatable bonds is 3. The van der Waals surface area contributed by atoms with Crippen molar-refractivity contribution >= 4 is 11.8 Å². The third kappa shape index (κ3) is 2.87. The van der Waals surface area contributed by atoms with Crippen molar-refractivity contribution in [2.24, 2.45) is 12.8 Å². The molecule has 1 unspecified atom stereocenters. The number of aryl methyl sites for hydroxylation is 3. The first-order chi connectivity index (χ1) is 13.4. The van der Waals surface area contributed by atoms with E-state index in [1.165, 1.54) is 4.90 Å². The van der Waals surface area contributed by atoms with Gasteiger partial charge in [0.1, 0.15) is 6.04 Å². The highest BCUT2D eigenvalue weighted by Gasteiger charge is 2.37. The van der Waals surface area contributed by atoms with E-state index < -0.39 is 11.9 Å². The van der Waals surface area contributed by atoms with Crippen molar-refractivity contribution in [2.45, 2.75) is 26.3 Å². The highest BCUT2D eigenvalue weighted by Crippen LogP contribution is 2.30. The molecule has 28 heavy (non-hydrogen) atoms. The highest BCUT2D eigenvalue weighted by atomic mass is 16.2. The Morgan fingerprint density at radius 2 is 1.89 bits per heavy atom. The summed E-state index contributed by atoms with van der Waals surface area (Å²) >= 11 is 0. The first-order valence-electron chi connectivity index (χ1n) is 9.11. The number of nitrogens with zero attached hydrogens (tertiary/aromatic N) is 5. The Hall–Kier alpha value is -3.42. The van der Waals surface area contributed by atoms with Crippen LogP contribution in [0, 0.1) is 13.8 Å². The van der Waals surface area contributed by atoms with Crippen LogP contribution in [0.1, 0.15) is 39.0 Å². The molecule has 4 rings (SSSR count). The van der Waals surface area contributed by atoms with E-state index in [1.54, 1.807) is 21.6 Å². The second kappa shape index (κ2) is 6.63. The lowest BCUT2D eigenvalue weighted by molar-refractivity contribution is -0.123. The van der Waals surface area contributed by atoms with Crippen LogP contribution in [0.5, 0.6) is 0 Å². The Balaban J connectivity index is 1.69. The minimum absolute atomic E-state index is 0.289. The molecule has 8 heteroatoms. The number of aromatic nitrogens is 4. The summed E-state index contributed by atoms with van der Waals surface area (Å²) in [4.78, 5) is 26.9. The quantitative estimate of drug-likeness (QED) is 0.746. The molecular formula is C20H22N6O2. The van der Waals surface area contributed by atoms with Gasteiger partial charge in [-0.15, -0.1) is 0 Å². The Labute approximate surface area is 162 Å². The average molecular weight is 378 g/mol. The first-order valence-corrected chi connectivity index (χ1v) is 9.11. The lowest BCUT2D eigenvalue weighted by Gasteiger charge is -2.33. The van der Waals surface area contributed by atoms with Crippen molar-refractivity contribution in [1.29, 1.82) is 0 Å². The van der Waals surface area contributed by atoms with Crippen LogP contribution in [0.2, 0.25) is 0 Å². The summed E-state index contributed by atoms with van der Waals surface area (Å²) in [5.41, 5.74) is 10.4. The molecule has 0 saturated heterocycles. The summed E-state index contributed by atoms with van der Waals surface area (Å²) in [6.07, 6.45) is 2.22.